The molecule has 0 saturated carbocycles. The molecule has 1 amide bonds. The monoisotopic (exact) mass is 274 g/mol. The van der Waals surface area contributed by atoms with Gasteiger partial charge in [0, 0.05) is 12.2 Å². The predicted octanol–water partition coefficient (Wildman–Crippen LogP) is 1.26. The number of hydrogen-bond acceptors (Lipinski definition) is 3. The van der Waals surface area contributed by atoms with Gasteiger partial charge in [0.25, 0.3) is 0 Å². The molecular formula is C12H13F3N2O2. The summed E-state index contributed by atoms with van der Waals surface area (Å²) in [7, 11) is 0. The van der Waals surface area contributed by atoms with Crippen molar-refractivity contribution in [3.63, 3.8) is 0 Å². The minimum absolute atomic E-state index is 0.0120. The summed E-state index contributed by atoms with van der Waals surface area (Å²) in [5.74, 6) is -0.388. The van der Waals surface area contributed by atoms with E-state index in [2.05, 4.69) is 0 Å². The lowest BCUT2D eigenvalue weighted by Gasteiger charge is -2.19. The lowest BCUT2D eigenvalue weighted by molar-refractivity contribution is -0.138. The van der Waals surface area contributed by atoms with Gasteiger partial charge in [-0.3, -0.25) is 4.79 Å². The molecule has 1 fully saturated rings. The molecule has 1 aromatic rings. The van der Waals surface area contributed by atoms with Gasteiger partial charge in [0.1, 0.15) is 0 Å². The largest absolute Gasteiger partial charge is 0.416 e. The van der Waals surface area contributed by atoms with Gasteiger partial charge in [-0.25, -0.2) is 0 Å². The minimum atomic E-state index is -4.52. The Kier molecular flexibility index (Phi) is 3.51. The number of alkyl halides is 3. The molecule has 3 N–H and O–H groups in total. The maximum absolute atomic E-state index is 12.9. The first-order chi connectivity index (χ1) is 8.82. The number of hydrogen-bond donors (Lipinski definition) is 2. The van der Waals surface area contributed by atoms with Gasteiger partial charge in [-0.2, -0.15) is 13.2 Å². The van der Waals surface area contributed by atoms with Crippen LogP contribution in [-0.4, -0.2) is 23.7 Å². The first kappa shape index (κ1) is 13.8. The van der Waals surface area contributed by atoms with Crippen LogP contribution in [0.15, 0.2) is 18.2 Å². The SMILES string of the molecule is NCc1ccc(N2CC(O)CC2=O)cc1C(F)(F)F. The average Bonchev–Trinajstić information content (AvgIpc) is 2.66. The predicted molar refractivity (Wildman–Crippen MR) is 62.3 cm³/mol. The number of rotatable bonds is 2. The van der Waals surface area contributed by atoms with E-state index in [0.717, 1.165) is 11.0 Å². The highest BCUT2D eigenvalue weighted by molar-refractivity contribution is 5.96. The molecule has 1 aliphatic rings. The van der Waals surface area contributed by atoms with E-state index in [0.29, 0.717) is 0 Å². The van der Waals surface area contributed by atoms with E-state index in [1.807, 2.05) is 0 Å². The summed E-state index contributed by atoms with van der Waals surface area (Å²) in [6.45, 7) is -0.218. The maximum atomic E-state index is 12.9. The van der Waals surface area contributed by atoms with Crippen molar-refractivity contribution in [2.75, 3.05) is 11.4 Å². The van der Waals surface area contributed by atoms with E-state index >= 15 is 0 Å². The van der Waals surface area contributed by atoms with Crippen LogP contribution in [0.3, 0.4) is 0 Å². The Morgan fingerprint density at radius 3 is 2.58 bits per heavy atom. The van der Waals surface area contributed by atoms with Crippen molar-refractivity contribution in [2.45, 2.75) is 25.2 Å². The van der Waals surface area contributed by atoms with E-state index in [-0.39, 0.29) is 36.7 Å². The van der Waals surface area contributed by atoms with E-state index in [1.165, 1.54) is 12.1 Å². The third kappa shape index (κ3) is 2.71. The second-order valence-corrected chi connectivity index (χ2v) is 4.41. The summed E-state index contributed by atoms with van der Waals surface area (Å²) >= 11 is 0. The van der Waals surface area contributed by atoms with E-state index in [1.54, 1.807) is 0 Å². The molecule has 0 aromatic heterocycles. The van der Waals surface area contributed by atoms with Crippen LogP contribution in [0.2, 0.25) is 0 Å². The first-order valence-corrected chi connectivity index (χ1v) is 5.71. The molecule has 1 unspecified atom stereocenters. The third-order valence-corrected chi connectivity index (χ3v) is 3.04. The number of β-amino-alcohol motifs (C(OH)–C–C–N with tert-alkyl or cyclic N) is 1. The molecular weight excluding hydrogens is 261 g/mol. The summed E-state index contributed by atoms with van der Waals surface area (Å²) in [4.78, 5) is 12.7. The smallest absolute Gasteiger partial charge is 0.391 e. The molecule has 19 heavy (non-hydrogen) atoms. The number of benzene rings is 1. The number of nitrogens with zero attached hydrogens (tertiary/aromatic N) is 1. The van der Waals surface area contributed by atoms with E-state index in [4.69, 9.17) is 5.73 Å². The Morgan fingerprint density at radius 1 is 1.42 bits per heavy atom. The number of carbonyl (C=O) groups excluding carboxylic acids is 1. The number of halogens is 3. The molecule has 1 heterocycles. The van der Waals surface area contributed by atoms with Crippen LogP contribution in [0.1, 0.15) is 17.5 Å². The third-order valence-electron chi connectivity index (χ3n) is 3.04. The second-order valence-electron chi connectivity index (χ2n) is 4.41. The number of carbonyl (C=O) groups is 1. The molecule has 0 radical (unpaired) electrons. The summed E-state index contributed by atoms with van der Waals surface area (Å²) in [5, 5.41) is 9.36. The van der Waals surface area contributed by atoms with E-state index in [9.17, 15) is 23.1 Å². The van der Waals surface area contributed by atoms with Crippen LogP contribution in [0.4, 0.5) is 18.9 Å². The Balaban J connectivity index is 2.41. The summed E-state index contributed by atoms with van der Waals surface area (Å²) in [6, 6.07) is 3.57. The van der Waals surface area contributed by atoms with Crippen molar-refractivity contribution in [1.82, 2.24) is 0 Å². The van der Waals surface area contributed by atoms with Crippen LogP contribution < -0.4 is 10.6 Å². The number of anilines is 1. The molecule has 104 valence electrons. The van der Waals surface area contributed by atoms with Gasteiger partial charge in [0.05, 0.1) is 24.6 Å². The van der Waals surface area contributed by atoms with Crippen LogP contribution in [-0.2, 0) is 17.5 Å². The molecule has 1 aliphatic heterocycles. The van der Waals surface area contributed by atoms with Crippen molar-refractivity contribution in [3.05, 3.63) is 29.3 Å². The summed E-state index contributed by atoms with van der Waals surface area (Å²) in [6.07, 6.45) is -5.43. The number of amides is 1. The molecule has 1 atom stereocenters. The minimum Gasteiger partial charge on any atom is -0.391 e. The molecule has 1 aromatic carbocycles. The van der Waals surface area contributed by atoms with Gasteiger partial charge < -0.3 is 15.7 Å². The zero-order chi connectivity index (χ0) is 14.2. The maximum Gasteiger partial charge on any atom is 0.416 e. The summed E-state index contributed by atoms with van der Waals surface area (Å²) < 4.78 is 38.6. The van der Waals surface area contributed by atoms with Crippen LogP contribution in [0, 0.1) is 0 Å². The molecule has 0 spiro atoms. The van der Waals surface area contributed by atoms with Crippen molar-refractivity contribution >= 4 is 11.6 Å². The quantitative estimate of drug-likeness (QED) is 0.853. The van der Waals surface area contributed by atoms with Gasteiger partial charge in [-0.15, -0.1) is 0 Å². The van der Waals surface area contributed by atoms with Crippen LogP contribution >= 0.6 is 0 Å². The molecule has 0 aliphatic carbocycles. The number of nitrogens with two attached hydrogens (primary N) is 1. The Bertz CT molecular complexity index is 502. The number of aliphatic hydroxyl groups excluding tert-OH is 1. The van der Waals surface area contributed by atoms with Crippen molar-refractivity contribution in [3.8, 4) is 0 Å². The Hall–Kier alpha value is -1.60. The fraction of sp³-hybridized carbons (Fsp3) is 0.417. The number of aliphatic hydroxyl groups is 1. The molecule has 4 nitrogen and oxygen atoms in total. The Labute approximate surface area is 107 Å². The van der Waals surface area contributed by atoms with Crippen molar-refractivity contribution < 1.29 is 23.1 Å². The highest BCUT2D eigenvalue weighted by Gasteiger charge is 2.35. The lowest BCUT2D eigenvalue weighted by atomic mass is 10.1. The van der Waals surface area contributed by atoms with Crippen molar-refractivity contribution in [2.24, 2.45) is 5.73 Å². The first-order valence-electron chi connectivity index (χ1n) is 5.71. The zero-order valence-electron chi connectivity index (χ0n) is 9.94. The van der Waals surface area contributed by atoms with Gasteiger partial charge in [0.2, 0.25) is 5.91 Å². The van der Waals surface area contributed by atoms with Crippen molar-refractivity contribution in [1.29, 1.82) is 0 Å². The van der Waals surface area contributed by atoms with E-state index < -0.39 is 17.8 Å². The van der Waals surface area contributed by atoms with Gasteiger partial charge in [-0.1, -0.05) is 6.07 Å². The van der Waals surface area contributed by atoms with Crippen LogP contribution in [0.5, 0.6) is 0 Å². The highest BCUT2D eigenvalue weighted by Crippen LogP contribution is 2.35. The molecule has 2 rings (SSSR count). The Morgan fingerprint density at radius 2 is 2.11 bits per heavy atom. The highest BCUT2D eigenvalue weighted by atomic mass is 19.4. The topological polar surface area (TPSA) is 66.6 Å². The standard InChI is InChI=1S/C12H13F3N2O2/c13-12(14,15)10-3-8(2-1-7(10)5-16)17-6-9(18)4-11(17)19/h1-3,9,18H,4-6,16H2. The molecule has 7 heteroatoms. The lowest BCUT2D eigenvalue weighted by Crippen LogP contribution is -2.26. The second kappa shape index (κ2) is 4.82. The fourth-order valence-electron chi connectivity index (χ4n) is 2.11. The van der Waals surface area contributed by atoms with Gasteiger partial charge in [-0.05, 0) is 17.7 Å². The summed E-state index contributed by atoms with van der Waals surface area (Å²) in [5.41, 5.74) is 4.54. The zero-order valence-corrected chi connectivity index (χ0v) is 9.94. The normalized spacial score (nSPS) is 20.2. The average molecular weight is 274 g/mol. The molecule has 1 saturated heterocycles. The van der Waals surface area contributed by atoms with Gasteiger partial charge in [0.15, 0.2) is 0 Å². The molecule has 0 bridgehead atoms. The van der Waals surface area contributed by atoms with Gasteiger partial charge >= 0.3 is 6.18 Å². The fourth-order valence-corrected chi connectivity index (χ4v) is 2.11. The van der Waals surface area contributed by atoms with Crippen LogP contribution in [0.25, 0.3) is 0 Å².